The van der Waals surface area contributed by atoms with Crippen LogP contribution >= 0.6 is 0 Å². The van der Waals surface area contributed by atoms with Crippen LogP contribution in [0.25, 0.3) is 10.9 Å². The Labute approximate surface area is 153 Å². The molecule has 5 heteroatoms. The number of hydrogen-bond acceptors (Lipinski definition) is 2. The summed E-state index contributed by atoms with van der Waals surface area (Å²) in [6, 6.07) is 17.7. The molecule has 26 heavy (non-hydrogen) atoms. The highest BCUT2D eigenvalue weighted by Gasteiger charge is 2.05. The Balaban J connectivity index is 1.46. The number of carbonyl (C=O) groups is 2. The van der Waals surface area contributed by atoms with E-state index in [-0.39, 0.29) is 11.8 Å². The minimum Gasteiger partial charge on any atom is -0.352 e. The van der Waals surface area contributed by atoms with Crippen LogP contribution in [-0.2, 0) is 17.9 Å². The van der Waals surface area contributed by atoms with Crippen LogP contribution in [0.4, 0.5) is 0 Å². The molecule has 134 valence electrons. The van der Waals surface area contributed by atoms with Gasteiger partial charge in [-0.1, -0.05) is 30.3 Å². The predicted octanol–water partition coefficient (Wildman–Crippen LogP) is 3.10. The van der Waals surface area contributed by atoms with Gasteiger partial charge >= 0.3 is 0 Å². The predicted molar refractivity (Wildman–Crippen MR) is 103 cm³/mol. The van der Waals surface area contributed by atoms with Crippen molar-refractivity contribution in [2.24, 2.45) is 0 Å². The van der Waals surface area contributed by atoms with E-state index >= 15 is 0 Å². The zero-order chi connectivity index (χ0) is 18.4. The third-order valence-electron chi connectivity index (χ3n) is 4.30. The fourth-order valence-electron chi connectivity index (χ4n) is 2.89. The first-order valence-electron chi connectivity index (χ1n) is 8.79. The van der Waals surface area contributed by atoms with E-state index in [0.29, 0.717) is 18.7 Å². The first-order chi connectivity index (χ1) is 12.6. The molecule has 1 aromatic heterocycles. The van der Waals surface area contributed by atoms with Gasteiger partial charge in [-0.3, -0.25) is 9.59 Å². The second-order valence-corrected chi connectivity index (χ2v) is 6.28. The summed E-state index contributed by atoms with van der Waals surface area (Å²) in [5.74, 6) is -0.143. The van der Waals surface area contributed by atoms with Crippen LogP contribution in [0, 0.1) is 0 Å². The number of nitrogens with zero attached hydrogens (tertiary/aromatic N) is 1. The summed E-state index contributed by atoms with van der Waals surface area (Å²) in [6.45, 7) is 3.45. The van der Waals surface area contributed by atoms with Crippen LogP contribution in [0.5, 0.6) is 0 Å². The SMILES string of the molecule is CC(=O)NCc1ccc(C(=O)NCCCn2ccc3ccccc32)cc1. The minimum absolute atomic E-state index is 0.0673. The standard InChI is InChI=1S/C21H23N3O2/c1-16(25)23-15-17-7-9-19(10-8-17)21(26)22-12-4-13-24-14-11-18-5-2-3-6-20(18)24/h2-3,5-11,14H,4,12-13,15H2,1H3,(H,22,26)(H,23,25). The molecule has 3 rings (SSSR count). The number of aryl methyl sites for hydroxylation is 1. The summed E-state index contributed by atoms with van der Waals surface area (Å²) < 4.78 is 2.21. The molecule has 2 amide bonds. The summed E-state index contributed by atoms with van der Waals surface area (Å²) in [5.41, 5.74) is 2.81. The van der Waals surface area contributed by atoms with E-state index in [0.717, 1.165) is 18.5 Å². The maximum atomic E-state index is 12.2. The van der Waals surface area contributed by atoms with Gasteiger partial charge in [-0.2, -0.15) is 0 Å². The molecular weight excluding hydrogens is 326 g/mol. The molecule has 2 N–H and O–H groups in total. The highest BCUT2D eigenvalue weighted by atomic mass is 16.2. The number of fused-ring (bicyclic) bond motifs is 1. The number of benzene rings is 2. The maximum Gasteiger partial charge on any atom is 0.251 e. The second-order valence-electron chi connectivity index (χ2n) is 6.28. The Kier molecular flexibility index (Phi) is 5.69. The van der Waals surface area contributed by atoms with Gasteiger partial charge in [0.25, 0.3) is 5.91 Å². The lowest BCUT2D eigenvalue weighted by molar-refractivity contribution is -0.119. The van der Waals surface area contributed by atoms with Crippen molar-refractivity contribution in [2.45, 2.75) is 26.4 Å². The van der Waals surface area contributed by atoms with Crippen molar-refractivity contribution in [3.8, 4) is 0 Å². The van der Waals surface area contributed by atoms with Crippen LogP contribution < -0.4 is 10.6 Å². The van der Waals surface area contributed by atoms with Gasteiger partial charge in [-0.15, -0.1) is 0 Å². The summed E-state index contributed by atoms with van der Waals surface area (Å²) in [4.78, 5) is 23.1. The van der Waals surface area contributed by atoms with Gasteiger partial charge in [0.2, 0.25) is 5.91 Å². The molecular formula is C21H23N3O2. The van der Waals surface area contributed by atoms with E-state index in [9.17, 15) is 9.59 Å². The maximum absolute atomic E-state index is 12.2. The molecule has 0 spiro atoms. The van der Waals surface area contributed by atoms with Crippen molar-refractivity contribution in [3.05, 3.63) is 71.9 Å². The number of para-hydroxylation sites is 1. The molecule has 0 bridgehead atoms. The molecule has 3 aromatic rings. The molecule has 0 unspecified atom stereocenters. The van der Waals surface area contributed by atoms with Gasteiger partial charge in [0, 0.05) is 43.8 Å². The molecule has 0 aliphatic heterocycles. The average Bonchev–Trinajstić information content (AvgIpc) is 3.07. The van der Waals surface area contributed by atoms with E-state index in [1.807, 2.05) is 24.3 Å². The summed E-state index contributed by atoms with van der Waals surface area (Å²) >= 11 is 0. The van der Waals surface area contributed by atoms with Gasteiger partial charge < -0.3 is 15.2 Å². The number of hydrogen-bond donors (Lipinski definition) is 2. The smallest absolute Gasteiger partial charge is 0.251 e. The monoisotopic (exact) mass is 349 g/mol. The van der Waals surface area contributed by atoms with E-state index in [1.54, 1.807) is 12.1 Å². The van der Waals surface area contributed by atoms with Gasteiger partial charge in [0.1, 0.15) is 0 Å². The number of carbonyl (C=O) groups excluding carboxylic acids is 2. The third kappa shape index (κ3) is 4.51. The number of aromatic nitrogens is 1. The molecule has 0 fully saturated rings. The zero-order valence-corrected chi connectivity index (χ0v) is 14.9. The zero-order valence-electron chi connectivity index (χ0n) is 14.9. The average molecular weight is 349 g/mol. The molecule has 0 atom stereocenters. The quantitative estimate of drug-likeness (QED) is 0.644. The lowest BCUT2D eigenvalue weighted by atomic mass is 10.1. The molecule has 0 aliphatic carbocycles. The van der Waals surface area contributed by atoms with Gasteiger partial charge in [0.15, 0.2) is 0 Å². The van der Waals surface area contributed by atoms with E-state index in [4.69, 9.17) is 0 Å². The third-order valence-corrected chi connectivity index (χ3v) is 4.30. The largest absolute Gasteiger partial charge is 0.352 e. The number of amides is 2. The molecule has 2 aromatic carbocycles. The van der Waals surface area contributed by atoms with Crippen molar-refractivity contribution in [2.75, 3.05) is 6.54 Å². The van der Waals surface area contributed by atoms with E-state index in [1.165, 1.54) is 17.8 Å². The van der Waals surface area contributed by atoms with Crippen LogP contribution in [0.3, 0.4) is 0 Å². The Morgan fingerprint density at radius 1 is 0.962 bits per heavy atom. The molecule has 0 aliphatic rings. The van der Waals surface area contributed by atoms with Crippen molar-refractivity contribution < 1.29 is 9.59 Å². The van der Waals surface area contributed by atoms with E-state index in [2.05, 4.69) is 39.6 Å². The topological polar surface area (TPSA) is 63.1 Å². The highest BCUT2D eigenvalue weighted by Crippen LogP contribution is 2.15. The highest BCUT2D eigenvalue weighted by molar-refractivity contribution is 5.94. The van der Waals surface area contributed by atoms with Gasteiger partial charge in [-0.25, -0.2) is 0 Å². The van der Waals surface area contributed by atoms with Crippen LogP contribution in [0.15, 0.2) is 60.8 Å². The first-order valence-corrected chi connectivity index (χ1v) is 8.79. The van der Waals surface area contributed by atoms with Gasteiger partial charge in [0.05, 0.1) is 0 Å². The lowest BCUT2D eigenvalue weighted by Gasteiger charge is -2.08. The Morgan fingerprint density at radius 3 is 2.50 bits per heavy atom. The van der Waals surface area contributed by atoms with Crippen LogP contribution in [0.1, 0.15) is 29.3 Å². The Hall–Kier alpha value is -3.08. The molecule has 0 saturated heterocycles. The number of rotatable bonds is 7. The molecule has 0 saturated carbocycles. The minimum atomic E-state index is -0.0755. The number of nitrogens with one attached hydrogen (secondary N) is 2. The van der Waals surface area contributed by atoms with Crippen molar-refractivity contribution in [3.63, 3.8) is 0 Å². The fraction of sp³-hybridized carbons (Fsp3) is 0.238. The molecule has 0 radical (unpaired) electrons. The Bertz CT molecular complexity index is 897. The summed E-state index contributed by atoms with van der Waals surface area (Å²) in [6.07, 6.45) is 2.95. The van der Waals surface area contributed by atoms with E-state index < -0.39 is 0 Å². The van der Waals surface area contributed by atoms with Gasteiger partial charge in [-0.05, 0) is 41.6 Å². The summed E-state index contributed by atoms with van der Waals surface area (Å²) in [5, 5.41) is 6.93. The lowest BCUT2D eigenvalue weighted by Crippen LogP contribution is -2.25. The normalized spacial score (nSPS) is 10.7. The molecule has 5 nitrogen and oxygen atoms in total. The van der Waals surface area contributed by atoms with Crippen molar-refractivity contribution in [1.29, 1.82) is 0 Å². The second kappa shape index (κ2) is 8.34. The van der Waals surface area contributed by atoms with Crippen LogP contribution in [0.2, 0.25) is 0 Å². The van der Waals surface area contributed by atoms with Crippen molar-refractivity contribution in [1.82, 2.24) is 15.2 Å². The fourth-order valence-corrected chi connectivity index (χ4v) is 2.89. The molecule has 1 heterocycles. The Morgan fingerprint density at radius 2 is 1.73 bits per heavy atom. The van der Waals surface area contributed by atoms with Crippen molar-refractivity contribution >= 4 is 22.7 Å². The summed E-state index contributed by atoms with van der Waals surface area (Å²) in [7, 11) is 0. The first kappa shape index (κ1) is 17.7. The van der Waals surface area contributed by atoms with Crippen LogP contribution in [-0.4, -0.2) is 22.9 Å².